The van der Waals surface area contributed by atoms with E-state index in [0.29, 0.717) is 12.0 Å². The van der Waals surface area contributed by atoms with Gasteiger partial charge < -0.3 is 14.5 Å². The lowest BCUT2D eigenvalue weighted by Crippen LogP contribution is -2.41. The Kier molecular flexibility index (Phi) is 6.55. The van der Waals surface area contributed by atoms with Crippen LogP contribution in [-0.4, -0.2) is 44.6 Å². The van der Waals surface area contributed by atoms with Crippen LogP contribution in [0.3, 0.4) is 0 Å². The molecular weight excluding hydrogens is 360 g/mol. The standard InChI is InChI=1S/C25H30N2O2/c1-5-15-27(16-6-2)22-12-9-11-21(18-22)25(14-17-26(3)4)19-20-10-7-8-13-23(20)24(28)29-25/h5-13,18H,1-2,14-17,19H2,3-4H3. The SMILES string of the molecule is C=CCN(CC=C)c1cccc(C2(CCN(C)C)Cc3ccccc3C(=O)O2)c1. The fourth-order valence-electron chi connectivity index (χ4n) is 3.88. The van der Waals surface area contributed by atoms with Crippen LogP contribution in [0.4, 0.5) is 5.69 Å². The third-order valence-corrected chi connectivity index (χ3v) is 5.40. The predicted octanol–water partition coefficient (Wildman–Crippen LogP) is 4.43. The van der Waals surface area contributed by atoms with Crippen LogP contribution in [0, 0.1) is 0 Å². The number of carbonyl (C=O) groups is 1. The molecule has 4 nitrogen and oxygen atoms in total. The van der Waals surface area contributed by atoms with Crippen molar-refractivity contribution in [2.75, 3.05) is 38.6 Å². The first-order valence-electron chi connectivity index (χ1n) is 10.0. The summed E-state index contributed by atoms with van der Waals surface area (Å²) in [7, 11) is 4.08. The Balaban J connectivity index is 2.04. The van der Waals surface area contributed by atoms with Gasteiger partial charge >= 0.3 is 5.97 Å². The van der Waals surface area contributed by atoms with E-state index in [0.717, 1.165) is 42.9 Å². The van der Waals surface area contributed by atoms with E-state index in [1.165, 1.54) is 0 Å². The molecule has 1 heterocycles. The van der Waals surface area contributed by atoms with E-state index in [-0.39, 0.29) is 5.97 Å². The number of anilines is 1. The molecule has 3 rings (SSSR count). The van der Waals surface area contributed by atoms with E-state index in [4.69, 9.17) is 4.74 Å². The molecule has 0 N–H and O–H groups in total. The van der Waals surface area contributed by atoms with Gasteiger partial charge in [0, 0.05) is 38.2 Å². The Labute approximate surface area is 174 Å². The Morgan fingerprint density at radius 1 is 1.07 bits per heavy atom. The molecule has 1 atom stereocenters. The van der Waals surface area contributed by atoms with Crippen LogP contribution >= 0.6 is 0 Å². The molecule has 1 aliphatic heterocycles. The summed E-state index contributed by atoms with van der Waals surface area (Å²) in [5, 5.41) is 0. The Morgan fingerprint density at radius 2 is 1.79 bits per heavy atom. The van der Waals surface area contributed by atoms with Gasteiger partial charge in [-0.25, -0.2) is 4.79 Å². The Hall–Kier alpha value is -2.85. The summed E-state index contributed by atoms with van der Waals surface area (Å²) < 4.78 is 6.17. The van der Waals surface area contributed by atoms with E-state index in [1.54, 1.807) is 0 Å². The highest BCUT2D eigenvalue weighted by Gasteiger charge is 2.41. The van der Waals surface area contributed by atoms with Crippen molar-refractivity contribution in [2.45, 2.75) is 18.4 Å². The van der Waals surface area contributed by atoms with Gasteiger partial charge in [-0.15, -0.1) is 13.2 Å². The van der Waals surface area contributed by atoms with Crippen molar-refractivity contribution >= 4 is 11.7 Å². The highest BCUT2D eigenvalue weighted by molar-refractivity contribution is 5.92. The van der Waals surface area contributed by atoms with Gasteiger partial charge in [0.25, 0.3) is 0 Å². The number of carbonyl (C=O) groups excluding carboxylic acids is 1. The first-order chi connectivity index (χ1) is 14.0. The van der Waals surface area contributed by atoms with Crippen molar-refractivity contribution in [1.82, 2.24) is 4.90 Å². The molecule has 1 aliphatic rings. The van der Waals surface area contributed by atoms with Crippen LogP contribution < -0.4 is 4.90 Å². The molecule has 0 aromatic heterocycles. The normalized spacial score (nSPS) is 18.1. The molecule has 0 saturated carbocycles. The number of esters is 1. The van der Waals surface area contributed by atoms with Gasteiger partial charge in [0.05, 0.1) is 5.56 Å². The van der Waals surface area contributed by atoms with Crippen molar-refractivity contribution in [3.8, 4) is 0 Å². The maximum Gasteiger partial charge on any atom is 0.339 e. The molecule has 152 valence electrons. The van der Waals surface area contributed by atoms with Crippen molar-refractivity contribution in [1.29, 1.82) is 0 Å². The predicted molar refractivity (Wildman–Crippen MR) is 119 cm³/mol. The van der Waals surface area contributed by atoms with Crippen LogP contribution in [0.25, 0.3) is 0 Å². The molecule has 0 bridgehead atoms. The van der Waals surface area contributed by atoms with Crippen LogP contribution in [0.5, 0.6) is 0 Å². The van der Waals surface area contributed by atoms with Gasteiger partial charge in [0.1, 0.15) is 5.60 Å². The highest BCUT2D eigenvalue weighted by Crippen LogP contribution is 2.40. The molecule has 1 unspecified atom stereocenters. The lowest BCUT2D eigenvalue weighted by Gasteiger charge is -2.39. The zero-order valence-electron chi connectivity index (χ0n) is 17.4. The average molecular weight is 391 g/mol. The molecule has 2 aromatic carbocycles. The number of benzene rings is 2. The van der Waals surface area contributed by atoms with Gasteiger partial charge in [-0.2, -0.15) is 0 Å². The summed E-state index contributed by atoms with van der Waals surface area (Å²) in [5.74, 6) is -0.245. The molecule has 29 heavy (non-hydrogen) atoms. The minimum Gasteiger partial charge on any atom is -0.450 e. The summed E-state index contributed by atoms with van der Waals surface area (Å²) in [6.45, 7) is 10.0. The minimum atomic E-state index is -0.681. The van der Waals surface area contributed by atoms with E-state index >= 15 is 0 Å². The van der Waals surface area contributed by atoms with Gasteiger partial charge in [-0.1, -0.05) is 42.5 Å². The molecule has 0 fully saturated rings. The van der Waals surface area contributed by atoms with Crippen LogP contribution in [0.1, 0.15) is 27.9 Å². The molecule has 2 aromatic rings. The van der Waals surface area contributed by atoms with Crippen molar-refractivity contribution in [3.05, 3.63) is 90.5 Å². The lowest BCUT2D eigenvalue weighted by molar-refractivity contribution is -0.0354. The minimum absolute atomic E-state index is 0.245. The van der Waals surface area contributed by atoms with E-state index < -0.39 is 5.60 Å². The lowest BCUT2D eigenvalue weighted by atomic mass is 9.80. The van der Waals surface area contributed by atoms with Gasteiger partial charge in [0.2, 0.25) is 0 Å². The van der Waals surface area contributed by atoms with Crippen LogP contribution in [0.2, 0.25) is 0 Å². The second kappa shape index (κ2) is 9.10. The first-order valence-corrected chi connectivity index (χ1v) is 10.0. The monoisotopic (exact) mass is 390 g/mol. The fourth-order valence-corrected chi connectivity index (χ4v) is 3.88. The fraction of sp³-hybridized carbons (Fsp3) is 0.320. The number of nitrogens with zero attached hydrogens (tertiary/aromatic N) is 2. The van der Waals surface area contributed by atoms with Gasteiger partial charge in [0.15, 0.2) is 0 Å². The summed E-state index contributed by atoms with van der Waals surface area (Å²) >= 11 is 0. The molecular formula is C25H30N2O2. The molecule has 0 radical (unpaired) electrons. The molecule has 0 aliphatic carbocycles. The van der Waals surface area contributed by atoms with Crippen LogP contribution in [0.15, 0.2) is 73.8 Å². The number of ether oxygens (including phenoxy) is 1. The van der Waals surface area contributed by atoms with Crippen molar-refractivity contribution in [2.24, 2.45) is 0 Å². The smallest absolute Gasteiger partial charge is 0.339 e. The molecule has 0 spiro atoms. The number of rotatable bonds is 9. The average Bonchev–Trinajstić information content (AvgIpc) is 2.72. The number of hydrogen-bond donors (Lipinski definition) is 0. The van der Waals surface area contributed by atoms with E-state index in [2.05, 4.69) is 41.2 Å². The summed E-state index contributed by atoms with van der Waals surface area (Å²) in [6.07, 6.45) is 5.17. The Morgan fingerprint density at radius 3 is 2.48 bits per heavy atom. The maximum atomic E-state index is 12.9. The molecule has 0 saturated heterocycles. The summed E-state index contributed by atoms with van der Waals surface area (Å²) in [5.41, 5.74) is 3.13. The van der Waals surface area contributed by atoms with E-state index in [9.17, 15) is 4.79 Å². The third-order valence-electron chi connectivity index (χ3n) is 5.40. The van der Waals surface area contributed by atoms with Crippen molar-refractivity contribution < 1.29 is 9.53 Å². The quantitative estimate of drug-likeness (QED) is 0.469. The number of cyclic esters (lactones) is 1. The van der Waals surface area contributed by atoms with Gasteiger partial charge in [-0.05, 0) is 43.4 Å². The third kappa shape index (κ3) is 4.60. The molecule has 4 heteroatoms. The highest BCUT2D eigenvalue weighted by atomic mass is 16.6. The van der Waals surface area contributed by atoms with E-state index in [1.807, 2.05) is 56.6 Å². The second-order valence-corrected chi connectivity index (χ2v) is 7.80. The zero-order chi connectivity index (χ0) is 20.9. The second-order valence-electron chi connectivity index (χ2n) is 7.80. The van der Waals surface area contributed by atoms with Crippen molar-refractivity contribution in [3.63, 3.8) is 0 Å². The zero-order valence-corrected chi connectivity index (χ0v) is 17.4. The van der Waals surface area contributed by atoms with Gasteiger partial charge in [-0.3, -0.25) is 0 Å². The largest absolute Gasteiger partial charge is 0.450 e. The van der Waals surface area contributed by atoms with Crippen LogP contribution in [-0.2, 0) is 16.8 Å². The first kappa shape index (κ1) is 20.9. The Bertz CT molecular complexity index is 880. The number of hydrogen-bond acceptors (Lipinski definition) is 4. The molecule has 0 amide bonds. The maximum absolute atomic E-state index is 12.9. The summed E-state index contributed by atoms with van der Waals surface area (Å²) in [4.78, 5) is 17.2. The number of fused-ring (bicyclic) bond motifs is 1. The topological polar surface area (TPSA) is 32.8 Å². The summed E-state index contributed by atoms with van der Waals surface area (Å²) in [6, 6.07) is 16.1.